The minimum atomic E-state index is -0.452. The average Bonchev–Trinajstić information content (AvgIpc) is 3.30. The van der Waals surface area contributed by atoms with E-state index in [1.807, 2.05) is 55.5 Å². The van der Waals surface area contributed by atoms with Crippen LogP contribution < -0.4 is 15.4 Å². The molecule has 0 fully saturated rings. The van der Waals surface area contributed by atoms with E-state index in [1.54, 1.807) is 23.8 Å². The second-order valence-electron chi connectivity index (χ2n) is 7.77. The molecule has 0 saturated carbocycles. The van der Waals surface area contributed by atoms with Crippen molar-refractivity contribution in [2.75, 3.05) is 12.4 Å². The number of benzene rings is 3. The van der Waals surface area contributed by atoms with Crippen LogP contribution in [0.4, 0.5) is 16.2 Å². The van der Waals surface area contributed by atoms with Gasteiger partial charge in [0.1, 0.15) is 5.75 Å². The van der Waals surface area contributed by atoms with Gasteiger partial charge in [0.25, 0.3) is 5.69 Å². The number of ether oxygens (including phenoxy) is 1. The lowest BCUT2D eigenvalue weighted by Gasteiger charge is -2.12. The highest BCUT2D eigenvalue weighted by Gasteiger charge is 2.17. The number of para-hydroxylation sites is 1. The van der Waals surface area contributed by atoms with Gasteiger partial charge >= 0.3 is 6.03 Å². The molecule has 2 N–H and O–H groups in total. The summed E-state index contributed by atoms with van der Waals surface area (Å²) < 4.78 is 7.08. The standard InChI is InChI=1S/C25H24N6O4S/c1-17-6-3-4-9-22(17)27-24(32)26-15-23-28-29-25(36-16-18-7-5-8-21(14-18)35-2)30(23)19-10-12-20(13-11-19)31(33)34/h3-14H,15-16H2,1-2H3,(H2,26,27,32). The first-order valence-corrected chi connectivity index (χ1v) is 12.0. The van der Waals surface area contributed by atoms with E-state index in [1.165, 1.54) is 23.9 Å². The zero-order chi connectivity index (χ0) is 25.5. The molecule has 0 saturated heterocycles. The number of anilines is 1. The Morgan fingerprint density at radius 2 is 1.86 bits per heavy atom. The van der Waals surface area contributed by atoms with Crippen LogP contribution in [0, 0.1) is 17.0 Å². The number of carbonyl (C=O) groups excluding carboxylic acids is 1. The van der Waals surface area contributed by atoms with E-state index in [4.69, 9.17) is 4.74 Å². The summed E-state index contributed by atoms with van der Waals surface area (Å²) in [6.07, 6.45) is 0. The van der Waals surface area contributed by atoms with Crippen LogP contribution in [0.3, 0.4) is 0 Å². The van der Waals surface area contributed by atoms with Crippen molar-refractivity contribution in [3.05, 3.63) is 99.9 Å². The number of carbonyl (C=O) groups is 1. The Kier molecular flexibility index (Phi) is 7.81. The number of nitrogens with zero attached hydrogens (tertiary/aromatic N) is 4. The predicted molar refractivity (Wildman–Crippen MR) is 138 cm³/mol. The molecule has 1 heterocycles. The Balaban J connectivity index is 1.55. The highest BCUT2D eigenvalue weighted by Crippen LogP contribution is 2.27. The van der Waals surface area contributed by atoms with Gasteiger partial charge in [-0.05, 0) is 48.4 Å². The first kappa shape index (κ1) is 24.7. The number of nitro benzene ring substituents is 1. The minimum absolute atomic E-state index is 0.0188. The molecule has 184 valence electrons. The van der Waals surface area contributed by atoms with Crippen molar-refractivity contribution in [3.8, 4) is 11.4 Å². The van der Waals surface area contributed by atoms with E-state index in [-0.39, 0.29) is 18.3 Å². The molecule has 36 heavy (non-hydrogen) atoms. The fourth-order valence-corrected chi connectivity index (χ4v) is 4.35. The third-order valence-corrected chi connectivity index (χ3v) is 6.32. The van der Waals surface area contributed by atoms with Crippen molar-refractivity contribution in [2.24, 2.45) is 0 Å². The first-order valence-electron chi connectivity index (χ1n) is 11.0. The normalized spacial score (nSPS) is 10.6. The molecule has 11 heteroatoms. The molecule has 0 unspecified atom stereocenters. The van der Waals surface area contributed by atoms with Crippen molar-refractivity contribution < 1.29 is 14.5 Å². The molecule has 0 aliphatic carbocycles. The van der Waals surface area contributed by atoms with Gasteiger partial charge in [0.05, 0.1) is 18.6 Å². The van der Waals surface area contributed by atoms with Crippen LogP contribution >= 0.6 is 11.8 Å². The molecule has 10 nitrogen and oxygen atoms in total. The summed E-state index contributed by atoms with van der Waals surface area (Å²) in [6, 6.07) is 20.9. The lowest BCUT2D eigenvalue weighted by molar-refractivity contribution is -0.384. The topological polar surface area (TPSA) is 124 Å². The van der Waals surface area contributed by atoms with Crippen molar-refractivity contribution in [1.82, 2.24) is 20.1 Å². The maximum atomic E-state index is 12.5. The number of nitrogens with one attached hydrogen (secondary N) is 2. The number of aromatic nitrogens is 3. The second kappa shape index (κ2) is 11.4. The minimum Gasteiger partial charge on any atom is -0.497 e. The molecule has 0 aliphatic heterocycles. The van der Waals surface area contributed by atoms with Crippen molar-refractivity contribution >= 4 is 29.2 Å². The zero-order valence-corrected chi connectivity index (χ0v) is 20.5. The van der Waals surface area contributed by atoms with Crippen LogP contribution in [0.15, 0.2) is 78.0 Å². The van der Waals surface area contributed by atoms with Crippen molar-refractivity contribution in [3.63, 3.8) is 0 Å². The van der Waals surface area contributed by atoms with Gasteiger partial charge in [-0.1, -0.05) is 42.1 Å². The van der Waals surface area contributed by atoms with E-state index >= 15 is 0 Å². The second-order valence-corrected chi connectivity index (χ2v) is 8.71. The molecule has 4 aromatic rings. The van der Waals surface area contributed by atoms with Crippen LogP contribution in [-0.4, -0.2) is 32.8 Å². The molecule has 0 aliphatic rings. The smallest absolute Gasteiger partial charge is 0.319 e. The molecular weight excluding hydrogens is 480 g/mol. The molecule has 4 rings (SSSR count). The number of hydrogen-bond acceptors (Lipinski definition) is 7. The van der Waals surface area contributed by atoms with Gasteiger partial charge in [0, 0.05) is 29.3 Å². The number of aryl methyl sites for hydroxylation is 1. The summed E-state index contributed by atoms with van der Waals surface area (Å²) in [6.45, 7) is 2.01. The Labute approximate surface area is 211 Å². The van der Waals surface area contributed by atoms with Gasteiger partial charge in [-0.15, -0.1) is 10.2 Å². The highest BCUT2D eigenvalue weighted by atomic mass is 32.2. The van der Waals surface area contributed by atoms with Crippen molar-refractivity contribution in [2.45, 2.75) is 24.4 Å². The number of thioether (sulfide) groups is 1. The lowest BCUT2D eigenvalue weighted by Crippen LogP contribution is -2.29. The average molecular weight is 505 g/mol. The largest absolute Gasteiger partial charge is 0.497 e. The molecule has 2 amide bonds. The van der Waals surface area contributed by atoms with Gasteiger partial charge in [-0.3, -0.25) is 14.7 Å². The molecule has 0 bridgehead atoms. The fraction of sp³-hybridized carbons (Fsp3) is 0.160. The number of hydrogen-bond donors (Lipinski definition) is 2. The van der Waals surface area contributed by atoms with Crippen LogP contribution in [0.2, 0.25) is 0 Å². The van der Waals surface area contributed by atoms with Crippen LogP contribution in [-0.2, 0) is 12.3 Å². The van der Waals surface area contributed by atoms with Gasteiger partial charge in [0.15, 0.2) is 11.0 Å². The van der Waals surface area contributed by atoms with Gasteiger partial charge < -0.3 is 15.4 Å². The summed E-state index contributed by atoms with van der Waals surface area (Å²) in [5, 5.41) is 25.9. The Hall–Kier alpha value is -4.38. The van der Waals surface area contributed by atoms with Crippen molar-refractivity contribution in [1.29, 1.82) is 0 Å². The number of non-ortho nitro benzene ring substituents is 1. The summed E-state index contributed by atoms with van der Waals surface area (Å²) >= 11 is 1.46. The number of amides is 2. The van der Waals surface area contributed by atoms with Gasteiger partial charge in [-0.2, -0.15) is 0 Å². The third-order valence-electron chi connectivity index (χ3n) is 5.32. The van der Waals surface area contributed by atoms with Crippen LogP contribution in [0.5, 0.6) is 5.75 Å². The Morgan fingerprint density at radius 3 is 2.58 bits per heavy atom. The van der Waals surface area contributed by atoms with Crippen LogP contribution in [0.25, 0.3) is 5.69 Å². The van der Waals surface area contributed by atoms with Gasteiger partial charge in [0.2, 0.25) is 0 Å². The van der Waals surface area contributed by atoms with E-state index in [9.17, 15) is 14.9 Å². The number of rotatable bonds is 9. The number of urea groups is 1. The third kappa shape index (κ3) is 5.99. The Bertz CT molecular complexity index is 1370. The SMILES string of the molecule is COc1cccc(CSc2nnc(CNC(=O)Nc3ccccc3C)n2-c2ccc([N+](=O)[O-])cc2)c1. The number of methoxy groups -OCH3 is 1. The molecular formula is C25H24N6O4S. The quantitative estimate of drug-likeness (QED) is 0.184. The lowest BCUT2D eigenvalue weighted by atomic mass is 10.2. The molecule has 0 spiro atoms. The molecule has 3 aromatic carbocycles. The van der Waals surface area contributed by atoms with E-state index < -0.39 is 4.92 Å². The summed E-state index contributed by atoms with van der Waals surface area (Å²) in [5.41, 5.74) is 3.32. The maximum Gasteiger partial charge on any atom is 0.319 e. The molecule has 1 aromatic heterocycles. The monoisotopic (exact) mass is 504 g/mol. The number of nitro groups is 1. The summed E-state index contributed by atoms with van der Waals surface area (Å²) in [5.74, 6) is 1.84. The summed E-state index contributed by atoms with van der Waals surface area (Å²) in [4.78, 5) is 23.2. The van der Waals surface area contributed by atoms with E-state index in [0.29, 0.717) is 28.1 Å². The molecule has 0 radical (unpaired) electrons. The maximum absolute atomic E-state index is 12.5. The predicted octanol–water partition coefficient (Wildman–Crippen LogP) is 5.11. The Morgan fingerprint density at radius 1 is 1.08 bits per heavy atom. The van der Waals surface area contributed by atoms with E-state index in [0.717, 1.165) is 16.9 Å². The fourth-order valence-electron chi connectivity index (χ4n) is 3.44. The zero-order valence-electron chi connectivity index (χ0n) is 19.7. The molecule has 0 atom stereocenters. The van der Waals surface area contributed by atoms with E-state index in [2.05, 4.69) is 20.8 Å². The van der Waals surface area contributed by atoms with Crippen LogP contribution in [0.1, 0.15) is 17.0 Å². The highest BCUT2D eigenvalue weighted by molar-refractivity contribution is 7.98. The summed E-state index contributed by atoms with van der Waals surface area (Å²) in [7, 11) is 1.62. The van der Waals surface area contributed by atoms with Gasteiger partial charge in [-0.25, -0.2) is 4.79 Å². The first-order chi connectivity index (χ1) is 17.4.